The van der Waals surface area contributed by atoms with E-state index in [0.717, 1.165) is 13.1 Å². The zero-order valence-corrected chi connectivity index (χ0v) is 8.77. The topological polar surface area (TPSA) is 7.68 Å². The second-order valence-electron chi connectivity index (χ2n) is 4.29. The van der Waals surface area contributed by atoms with E-state index in [1.165, 1.54) is 0 Å². The summed E-state index contributed by atoms with van der Waals surface area (Å²) in [4.78, 5) is 2.92. The quantitative estimate of drug-likeness (QED) is 0.643. The molecule has 0 aromatic carbocycles. The minimum absolute atomic E-state index is 0.452. The first-order valence-electron chi connectivity index (χ1n) is 5.17. The number of nitrogens with zero attached hydrogens (tertiary/aromatic N) is 1. The Hall–Kier alpha value is -0.225. The normalized spacial score (nSPS) is 21.9. The van der Waals surface area contributed by atoms with E-state index in [1.807, 2.05) is 0 Å². The Morgan fingerprint density at radius 2 is 1.71 bits per heavy atom. The highest BCUT2D eigenvalue weighted by Crippen LogP contribution is 2.04. The highest BCUT2D eigenvalue weighted by atomic mass is 19.4. The predicted molar refractivity (Wildman–Crippen MR) is 51.4 cm³/mol. The van der Waals surface area contributed by atoms with Gasteiger partial charge >= 0.3 is 6.98 Å². The maximum Gasteiger partial charge on any atom is 0.531 e. The Kier molecular flexibility index (Phi) is 3.83. The third-order valence-electron chi connectivity index (χ3n) is 2.76. The van der Waals surface area contributed by atoms with E-state index >= 15 is 0 Å². The van der Waals surface area contributed by atoms with Gasteiger partial charge in [0.05, 0.1) is 19.5 Å². The molecule has 1 fully saturated rings. The number of nitrogens with one attached hydrogen (secondary N) is 1. The lowest BCUT2D eigenvalue weighted by Crippen LogP contribution is -3.16. The zero-order valence-electron chi connectivity index (χ0n) is 8.77. The fourth-order valence-electron chi connectivity index (χ4n) is 1.89. The summed E-state index contributed by atoms with van der Waals surface area (Å²) in [7, 11) is 0. The number of piperazine rings is 1. The van der Waals surface area contributed by atoms with Crippen molar-refractivity contribution < 1.29 is 17.8 Å². The zero-order chi connectivity index (χ0) is 10.8. The van der Waals surface area contributed by atoms with Crippen LogP contribution in [-0.4, -0.2) is 50.5 Å². The van der Waals surface area contributed by atoms with Gasteiger partial charge in [0.2, 0.25) is 0 Å². The average Bonchev–Trinajstić information content (AvgIpc) is 2.02. The van der Waals surface area contributed by atoms with Gasteiger partial charge in [-0.3, -0.25) is 4.90 Å². The molecule has 0 saturated carbocycles. The van der Waals surface area contributed by atoms with Crippen molar-refractivity contribution in [2.24, 2.45) is 0 Å². The Bertz CT molecular complexity index is 176. The third kappa shape index (κ3) is 3.88. The molecule has 0 amide bonds. The standard InChI is InChI=1S/C8H17BF3N2/c1-8(2)14-5-3-13(4-6-14)7-9(10,11)12/h8H,3-7H2,1-2H3/q-1/p+1. The van der Waals surface area contributed by atoms with Crippen LogP contribution >= 0.6 is 0 Å². The summed E-state index contributed by atoms with van der Waals surface area (Å²) in [5, 5.41) is 0. The number of halogens is 3. The molecule has 1 saturated heterocycles. The maximum atomic E-state index is 12.1. The molecule has 1 aliphatic heterocycles. The molecule has 2 nitrogen and oxygen atoms in total. The van der Waals surface area contributed by atoms with Crippen molar-refractivity contribution in [3.8, 4) is 0 Å². The first kappa shape index (κ1) is 11.8. The van der Waals surface area contributed by atoms with Crippen LogP contribution in [0.4, 0.5) is 12.9 Å². The molecule has 0 aliphatic carbocycles. The van der Waals surface area contributed by atoms with Crippen LogP contribution in [0.3, 0.4) is 0 Å². The van der Waals surface area contributed by atoms with Gasteiger partial charge < -0.3 is 17.8 Å². The van der Waals surface area contributed by atoms with Crippen LogP contribution in [0.25, 0.3) is 0 Å². The lowest BCUT2D eigenvalue weighted by atomic mass is 9.91. The van der Waals surface area contributed by atoms with Crippen molar-refractivity contribution >= 4 is 6.98 Å². The van der Waals surface area contributed by atoms with Crippen molar-refractivity contribution in [3.63, 3.8) is 0 Å². The van der Waals surface area contributed by atoms with Gasteiger partial charge in [-0.1, -0.05) is 0 Å². The number of hydrogen-bond donors (Lipinski definition) is 1. The molecule has 0 atom stereocenters. The Morgan fingerprint density at radius 1 is 1.21 bits per heavy atom. The van der Waals surface area contributed by atoms with Crippen LogP contribution in [-0.2, 0) is 0 Å². The van der Waals surface area contributed by atoms with E-state index in [-0.39, 0.29) is 0 Å². The second-order valence-corrected chi connectivity index (χ2v) is 4.29. The highest BCUT2D eigenvalue weighted by Gasteiger charge is 2.32. The first-order chi connectivity index (χ1) is 6.38. The minimum atomic E-state index is -4.62. The van der Waals surface area contributed by atoms with Crippen LogP contribution in [0.5, 0.6) is 0 Å². The smallest absolute Gasteiger partial charge is 0.445 e. The van der Waals surface area contributed by atoms with Gasteiger partial charge in [0, 0.05) is 19.1 Å². The predicted octanol–water partition coefficient (Wildman–Crippen LogP) is -0.0181. The first-order valence-corrected chi connectivity index (χ1v) is 5.17. The van der Waals surface area contributed by atoms with Gasteiger partial charge in [0.15, 0.2) is 0 Å². The van der Waals surface area contributed by atoms with Gasteiger partial charge in [-0.15, -0.1) is 0 Å². The van der Waals surface area contributed by atoms with Crippen molar-refractivity contribution in [1.29, 1.82) is 0 Å². The maximum absolute atomic E-state index is 12.1. The molecule has 1 aliphatic rings. The molecule has 1 heterocycles. The van der Waals surface area contributed by atoms with E-state index in [1.54, 1.807) is 0 Å². The van der Waals surface area contributed by atoms with Gasteiger partial charge in [-0.2, -0.15) is 0 Å². The highest BCUT2D eigenvalue weighted by molar-refractivity contribution is 6.58. The van der Waals surface area contributed by atoms with Crippen LogP contribution in [0.15, 0.2) is 0 Å². The molecule has 0 spiro atoms. The molecule has 0 radical (unpaired) electrons. The van der Waals surface area contributed by atoms with E-state index in [0.29, 0.717) is 24.0 Å². The third-order valence-corrected chi connectivity index (χ3v) is 2.76. The molecule has 0 unspecified atom stereocenters. The van der Waals surface area contributed by atoms with E-state index in [9.17, 15) is 12.9 Å². The van der Waals surface area contributed by atoms with Gasteiger partial charge in [0.1, 0.15) is 0 Å². The summed E-state index contributed by atoms with van der Waals surface area (Å²) < 4.78 is 36.4. The van der Waals surface area contributed by atoms with Gasteiger partial charge in [0.25, 0.3) is 0 Å². The SMILES string of the molecule is CC(C)N1CC[NH+](C[B-](F)(F)F)CC1. The lowest BCUT2D eigenvalue weighted by Gasteiger charge is -2.36. The lowest BCUT2D eigenvalue weighted by molar-refractivity contribution is -0.896. The van der Waals surface area contributed by atoms with E-state index < -0.39 is 13.4 Å². The number of hydrogen-bond acceptors (Lipinski definition) is 1. The van der Waals surface area contributed by atoms with E-state index in [2.05, 4.69) is 18.7 Å². The summed E-state index contributed by atoms with van der Waals surface area (Å²) >= 11 is 0. The van der Waals surface area contributed by atoms with Crippen molar-refractivity contribution in [1.82, 2.24) is 4.90 Å². The Balaban J connectivity index is 2.29. The molecular formula is C8H18BF3N2. The molecule has 0 aromatic rings. The van der Waals surface area contributed by atoms with Crippen LogP contribution in [0.2, 0.25) is 0 Å². The molecular weight excluding hydrogens is 192 g/mol. The minimum Gasteiger partial charge on any atom is -0.445 e. The van der Waals surface area contributed by atoms with Crippen molar-refractivity contribution in [2.75, 3.05) is 32.6 Å². The number of quaternary nitrogens is 1. The Labute approximate surface area is 83.1 Å². The van der Waals surface area contributed by atoms with Crippen LogP contribution < -0.4 is 4.90 Å². The molecule has 6 heteroatoms. The molecule has 1 N–H and O–H groups in total. The van der Waals surface area contributed by atoms with Crippen LogP contribution in [0.1, 0.15) is 13.8 Å². The average molecular weight is 210 g/mol. The van der Waals surface area contributed by atoms with Gasteiger partial charge in [-0.05, 0) is 13.8 Å². The number of rotatable bonds is 3. The van der Waals surface area contributed by atoms with E-state index in [4.69, 9.17) is 0 Å². The van der Waals surface area contributed by atoms with Gasteiger partial charge in [-0.25, -0.2) is 0 Å². The monoisotopic (exact) mass is 210 g/mol. The molecule has 84 valence electrons. The molecule has 0 bridgehead atoms. The molecule has 14 heavy (non-hydrogen) atoms. The summed E-state index contributed by atoms with van der Waals surface area (Å²) in [5.74, 6) is 0. The second kappa shape index (κ2) is 4.53. The van der Waals surface area contributed by atoms with Crippen LogP contribution in [0, 0.1) is 0 Å². The summed E-state index contributed by atoms with van der Waals surface area (Å²) in [5.41, 5.74) is 0. The fraction of sp³-hybridized carbons (Fsp3) is 1.00. The fourth-order valence-corrected chi connectivity index (χ4v) is 1.89. The van der Waals surface area contributed by atoms with Crippen molar-refractivity contribution in [3.05, 3.63) is 0 Å². The molecule has 1 rings (SSSR count). The Morgan fingerprint density at radius 3 is 2.07 bits per heavy atom. The van der Waals surface area contributed by atoms with Crippen molar-refractivity contribution in [2.45, 2.75) is 19.9 Å². The summed E-state index contributed by atoms with van der Waals surface area (Å²) in [6.07, 6.45) is -0.619. The largest absolute Gasteiger partial charge is 0.531 e. The summed E-state index contributed by atoms with van der Waals surface area (Å²) in [6, 6.07) is 0.452. The summed E-state index contributed by atoms with van der Waals surface area (Å²) in [6.45, 7) is 2.38. The molecule has 0 aromatic heterocycles.